The average molecular weight is 287 g/mol. The van der Waals surface area contributed by atoms with Crippen LogP contribution in [0.3, 0.4) is 0 Å². The van der Waals surface area contributed by atoms with Gasteiger partial charge in [0.2, 0.25) is 0 Å². The normalized spacial score (nSPS) is 15.8. The maximum Gasteiger partial charge on any atom is 0.261 e. The van der Waals surface area contributed by atoms with Crippen LogP contribution in [0.1, 0.15) is 42.9 Å². The number of anilines is 1. The van der Waals surface area contributed by atoms with E-state index < -0.39 is 0 Å². The van der Waals surface area contributed by atoms with Crippen molar-refractivity contribution in [3.05, 3.63) is 33.9 Å². The van der Waals surface area contributed by atoms with Crippen LogP contribution in [-0.2, 0) is 0 Å². The highest BCUT2D eigenvalue weighted by Crippen LogP contribution is 2.35. The van der Waals surface area contributed by atoms with Gasteiger partial charge in [0.25, 0.3) is 5.56 Å². The molecule has 1 saturated carbocycles. The van der Waals surface area contributed by atoms with Crippen LogP contribution in [-0.4, -0.2) is 28.6 Å². The van der Waals surface area contributed by atoms with Gasteiger partial charge in [-0.1, -0.05) is 12.8 Å². The molecule has 3 rings (SSSR count). The van der Waals surface area contributed by atoms with E-state index in [-0.39, 0.29) is 11.3 Å². The summed E-state index contributed by atoms with van der Waals surface area (Å²) in [6.45, 7) is 1.87. The molecule has 5 nitrogen and oxygen atoms in total. The zero-order valence-corrected chi connectivity index (χ0v) is 12.8. The molecule has 2 aromatic rings. The number of hydrogen-bond donors (Lipinski definition) is 1. The van der Waals surface area contributed by atoms with Gasteiger partial charge >= 0.3 is 0 Å². The first-order chi connectivity index (χ1) is 10.0. The van der Waals surface area contributed by atoms with E-state index in [9.17, 15) is 9.90 Å². The maximum atomic E-state index is 12.8. The predicted octanol–water partition coefficient (Wildman–Crippen LogP) is 2.43. The molecule has 1 N–H and O–H groups in total. The second-order valence-corrected chi connectivity index (χ2v) is 6.04. The molecule has 2 aromatic heterocycles. The van der Waals surface area contributed by atoms with E-state index in [0.717, 1.165) is 24.1 Å². The van der Waals surface area contributed by atoms with Gasteiger partial charge in [0.15, 0.2) is 11.4 Å². The molecule has 5 heteroatoms. The van der Waals surface area contributed by atoms with Crippen LogP contribution in [0.5, 0.6) is 5.75 Å². The molecule has 0 radical (unpaired) electrons. The minimum absolute atomic E-state index is 0.0370. The van der Waals surface area contributed by atoms with Gasteiger partial charge in [0.1, 0.15) is 0 Å². The zero-order chi connectivity index (χ0) is 15.1. The van der Waals surface area contributed by atoms with E-state index in [4.69, 9.17) is 0 Å². The number of aromatic nitrogens is 2. The molecule has 112 valence electrons. The van der Waals surface area contributed by atoms with E-state index in [1.54, 1.807) is 12.3 Å². The third-order valence-corrected chi connectivity index (χ3v) is 4.42. The molecule has 2 heterocycles. The van der Waals surface area contributed by atoms with Gasteiger partial charge in [0.05, 0.1) is 5.69 Å². The average Bonchev–Trinajstić information content (AvgIpc) is 2.93. The molecule has 0 bridgehead atoms. The first-order valence-electron chi connectivity index (χ1n) is 7.43. The third kappa shape index (κ3) is 2.17. The lowest BCUT2D eigenvalue weighted by atomic mass is 9.97. The van der Waals surface area contributed by atoms with Gasteiger partial charge in [-0.15, -0.1) is 0 Å². The minimum atomic E-state index is -0.0370. The number of rotatable bonds is 2. The Bertz CT molecular complexity index is 743. The number of hydrogen-bond acceptors (Lipinski definition) is 4. The fourth-order valence-corrected chi connectivity index (χ4v) is 3.34. The van der Waals surface area contributed by atoms with Crippen molar-refractivity contribution in [1.29, 1.82) is 0 Å². The Balaban J connectivity index is 2.27. The largest absolute Gasteiger partial charge is 0.503 e. The Labute approximate surface area is 123 Å². The van der Waals surface area contributed by atoms with Gasteiger partial charge in [-0.3, -0.25) is 9.20 Å². The molecular formula is C16H21N3O2. The summed E-state index contributed by atoms with van der Waals surface area (Å²) in [5.41, 5.74) is 2.53. The predicted molar refractivity (Wildman–Crippen MR) is 83.4 cm³/mol. The lowest BCUT2D eigenvalue weighted by Crippen LogP contribution is -2.24. The zero-order valence-electron chi connectivity index (χ0n) is 12.8. The van der Waals surface area contributed by atoms with Gasteiger partial charge < -0.3 is 10.0 Å². The maximum absolute atomic E-state index is 12.8. The number of aryl methyl sites for hydroxylation is 1. The molecule has 0 aromatic carbocycles. The second kappa shape index (κ2) is 5.06. The lowest BCUT2D eigenvalue weighted by molar-refractivity contribution is 0.476. The Hall–Kier alpha value is -2.04. The fourth-order valence-electron chi connectivity index (χ4n) is 3.34. The molecule has 0 unspecified atom stereocenters. The van der Waals surface area contributed by atoms with Crippen molar-refractivity contribution >= 4 is 11.3 Å². The van der Waals surface area contributed by atoms with Crippen molar-refractivity contribution in [2.24, 2.45) is 0 Å². The standard InChI is InChI=1S/C16H21N3O2/c1-10-13(11-6-4-5-7-11)16(21)19-9-8-12(18(2)3)14(20)15(19)17-10/h8-9,11,20H,4-7H2,1-3H3. The molecule has 0 amide bonds. The van der Waals surface area contributed by atoms with E-state index in [1.165, 1.54) is 17.2 Å². The topological polar surface area (TPSA) is 57.8 Å². The van der Waals surface area contributed by atoms with Crippen LogP contribution in [0.4, 0.5) is 5.69 Å². The molecule has 21 heavy (non-hydrogen) atoms. The van der Waals surface area contributed by atoms with Crippen molar-refractivity contribution in [1.82, 2.24) is 9.38 Å². The smallest absolute Gasteiger partial charge is 0.261 e. The molecular weight excluding hydrogens is 266 g/mol. The highest BCUT2D eigenvalue weighted by Gasteiger charge is 2.24. The van der Waals surface area contributed by atoms with Gasteiger partial charge in [-0.2, -0.15) is 0 Å². The van der Waals surface area contributed by atoms with Crippen molar-refractivity contribution < 1.29 is 5.11 Å². The summed E-state index contributed by atoms with van der Waals surface area (Å²) < 4.78 is 1.48. The monoisotopic (exact) mass is 287 g/mol. The number of pyridine rings is 1. The summed E-state index contributed by atoms with van der Waals surface area (Å²) >= 11 is 0. The van der Waals surface area contributed by atoms with Crippen molar-refractivity contribution in [3.63, 3.8) is 0 Å². The molecule has 0 atom stereocenters. The molecule has 1 fully saturated rings. The molecule has 1 aliphatic carbocycles. The van der Waals surface area contributed by atoms with Crippen LogP contribution >= 0.6 is 0 Å². The van der Waals surface area contributed by atoms with Crippen molar-refractivity contribution in [3.8, 4) is 5.75 Å². The highest BCUT2D eigenvalue weighted by molar-refractivity contribution is 5.70. The first kappa shape index (κ1) is 13.9. The summed E-state index contributed by atoms with van der Waals surface area (Å²) in [5, 5.41) is 10.4. The molecule has 0 aliphatic heterocycles. The Morgan fingerprint density at radius 1 is 1.33 bits per heavy atom. The first-order valence-corrected chi connectivity index (χ1v) is 7.43. The third-order valence-electron chi connectivity index (χ3n) is 4.42. The van der Waals surface area contributed by atoms with Crippen LogP contribution in [0.25, 0.3) is 5.65 Å². The SMILES string of the molecule is Cc1nc2c(O)c(N(C)C)ccn2c(=O)c1C1CCCC1. The highest BCUT2D eigenvalue weighted by atomic mass is 16.3. The number of fused-ring (bicyclic) bond motifs is 1. The van der Waals surface area contributed by atoms with E-state index >= 15 is 0 Å². The summed E-state index contributed by atoms with van der Waals surface area (Å²) in [6.07, 6.45) is 6.18. The van der Waals surface area contributed by atoms with E-state index in [0.29, 0.717) is 17.3 Å². The van der Waals surface area contributed by atoms with Gasteiger partial charge in [-0.05, 0) is 31.7 Å². The summed E-state index contributed by atoms with van der Waals surface area (Å²) in [4.78, 5) is 19.1. The summed E-state index contributed by atoms with van der Waals surface area (Å²) in [7, 11) is 3.70. The van der Waals surface area contributed by atoms with Crippen molar-refractivity contribution in [2.75, 3.05) is 19.0 Å². The van der Waals surface area contributed by atoms with Crippen LogP contribution < -0.4 is 10.5 Å². The van der Waals surface area contributed by atoms with E-state index in [1.807, 2.05) is 25.9 Å². The number of nitrogens with zero attached hydrogens (tertiary/aromatic N) is 3. The summed E-state index contributed by atoms with van der Waals surface area (Å²) in [5.74, 6) is 0.373. The van der Waals surface area contributed by atoms with Crippen LogP contribution in [0, 0.1) is 6.92 Å². The second-order valence-electron chi connectivity index (χ2n) is 6.04. The molecule has 0 saturated heterocycles. The number of aromatic hydroxyl groups is 1. The lowest BCUT2D eigenvalue weighted by Gasteiger charge is -2.18. The van der Waals surface area contributed by atoms with Gasteiger partial charge in [0, 0.05) is 31.5 Å². The van der Waals surface area contributed by atoms with Gasteiger partial charge in [-0.25, -0.2) is 4.98 Å². The van der Waals surface area contributed by atoms with Crippen LogP contribution in [0.15, 0.2) is 17.1 Å². The Morgan fingerprint density at radius 2 is 2.00 bits per heavy atom. The Morgan fingerprint density at radius 3 is 2.62 bits per heavy atom. The molecule has 1 aliphatic rings. The van der Waals surface area contributed by atoms with Crippen LogP contribution in [0.2, 0.25) is 0 Å². The minimum Gasteiger partial charge on any atom is -0.503 e. The quantitative estimate of drug-likeness (QED) is 0.921. The van der Waals surface area contributed by atoms with E-state index in [2.05, 4.69) is 4.98 Å². The fraction of sp³-hybridized carbons (Fsp3) is 0.500. The van der Waals surface area contributed by atoms with Crippen molar-refractivity contribution in [2.45, 2.75) is 38.5 Å². The summed E-state index contributed by atoms with van der Waals surface area (Å²) in [6, 6.07) is 1.75. The Kier molecular flexibility index (Phi) is 3.35. The molecule has 0 spiro atoms.